The second-order valence-corrected chi connectivity index (χ2v) is 4.70. The Bertz CT molecular complexity index is 423. The van der Waals surface area contributed by atoms with Crippen LogP contribution in [0.4, 0.5) is 0 Å². The molecule has 2 N–H and O–H groups in total. The molecule has 0 aliphatic carbocycles. The first-order valence-electron chi connectivity index (χ1n) is 6.42. The van der Waals surface area contributed by atoms with Crippen LogP contribution in [-0.4, -0.2) is 23.7 Å². The average Bonchev–Trinajstić information content (AvgIpc) is 2.41. The van der Waals surface area contributed by atoms with Gasteiger partial charge < -0.3 is 15.2 Å². The maximum absolute atomic E-state index is 11.8. The van der Waals surface area contributed by atoms with Crippen molar-refractivity contribution in [1.29, 1.82) is 0 Å². The normalized spacial score (nSPS) is 12.0. The molecule has 0 heterocycles. The molecule has 1 unspecified atom stereocenters. The van der Waals surface area contributed by atoms with E-state index in [0.29, 0.717) is 22.9 Å². The third kappa shape index (κ3) is 4.73. The van der Waals surface area contributed by atoms with Crippen LogP contribution >= 0.6 is 11.6 Å². The number of carbonyl (C=O) groups excluding carboxylic acids is 1. The van der Waals surface area contributed by atoms with E-state index < -0.39 is 6.10 Å². The average molecular weight is 286 g/mol. The van der Waals surface area contributed by atoms with Crippen LogP contribution in [0, 0.1) is 0 Å². The fourth-order valence-corrected chi connectivity index (χ4v) is 1.81. The largest absolute Gasteiger partial charge is 0.479 e. The maximum Gasteiger partial charge on any atom is 0.260 e. The van der Waals surface area contributed by atoms with Crippen LogP contribution in [0.1, 0.15) is 32.3 Å². The molecule has 1 aromatic carbocycles. The first kappa shape index (κ1) is 15.8. The van der Waals surface area contributed by atoms with Crippen molar-refractivity contribution in [1.82, 2.24) is 5.32 Å². The van der Waals surface area contributed by atoms with E-state index in [1.165, 1.54) is 0 Å². The number of nitrogens with one attached hydrogen (secondary N) is 1. The third-order valence-corrected chi connectivity index (χ3v) is 3.01. The van der Waals surface area contributed by atoms with E-state index in [1.54, 1.807) is 25.1 Å². The van der Waals surface area contributed by atoms with Crippen LogP contribution in [0.25, 0.3) is 0 Å². The molecule has 0 spiro atoms. The third-order valence-electron chi connectivity index (χ3n) is 2.71. The molecule has 0 bridgehead atoms. The highest BCUT2D eigenvalue weighted by molar-refractivity contribution is 6.32. The van der Waals surface area contributed by atoms with E-state index in [1.807, 2.05) is 0 Å². The number of aliphatic hydroxyl groups excluding tert-OH is 1. The zero-order valence-corrected chi connectivity index (χ0v) is 12.0. The van der Waals surface area contributed by atoms with Gasteiger partial charge in [0.15, 0.2) is 6.10 Å². The lowest BCUT2D eigenvalue weighted by Crippen LogP contribution is -2.37. The summed E-state index contributed by atoms with van der Waals surface area (Å²) in [4.78, 5) is 11.8. The van der Waals surface area contributed by atoms with Gasteiger partial charge in [-0.25, -0.2) is 0 Å². The molecule has 0 aliphatic rings. The van der Waals surface area contributed by atoms with Gasteiger partial charge in [0.05, 0.1) is 11.6 Å². The zero-order valence-electron chi connectivity index (χ0n) is 11.3. The molecular weight excluding hydrogens is 266 g/mol. The van der Waals surface area contributed by atoms with Crippen molar-refractivity contribution < 1.29 is 14.6 Å². The molecule has 0 fully saturated rings. The Kier molecular flexibility index (Phi) is 6.67. The van der Waals surface area contributed by atoms with Gasteiger partial charge in [-0.3, -0.25) is 4.79 Å². The highest BCUT2D eigenvalue weighted by atomic mass is 35.5. The number of hydrogen-bond donors (Lipinski definition) is 2. The molecule has 4 nitrogen and oxygen atoms in total. The lowest BCUT2D eigenvalue weighted by atomic mass is 10.2. The number of rotatable bonds is 7. The summed E-state index contributed by atoms with van der Waals surface area (Å²) >= 11 is 6.02. The summed E-state index contributed by atoms with van der Waals surface area (Å²) in [6, 6.07) is 5.10. The van der Waals surface area contributed by atoms with Gasteiger partial charge in [-0.1, -0.05) is 37.1 Å². The second-order valence-electron chi connectivity index (χ2n) is 4.29. The molecule has 1 aromatic rings. The molecule has 106 valence electrons. The lowest BCUT2D eigenvalue weighted by Gasteiger charge is -2.17. The fraction of sp³-hybridized carbons (Fsp3) is 0.500. The molecule has 1 atom stereocenters. The highest BCUT2D eigenvalue weighted by Gasteiger charge is 2.17. The summed E-state index contributed by atoms with van der Waals surface area (Å²) in [5.74, 6) is 0.182. The summed E-state index contributed by atoms with van der Waals surface area (Å²) in [6.45, 7) is 4.17. The highest BCUT2D eigenvalue weighted by Crippen LogP contribution is 2.29. The maximum atomic E-state index is 11.8. The molecule has 1 amide bonds. The summed E-state index contributed by atoms with van der Waals surface area (Å²) in [5.41, 5.74) is 0.570. The van der Waals surface area contributed by atoms with E-state index in [-0.39, 0.29) is 12.5 Å². The van der Waals surface area contributed by atoms with Crippen molar-refractivity contribution in [3.8, 4) is 5.75 Å². The Balaban J connectivity index is 2.66. The van der Waals surface area contributed by atoms with Crippen LogP contribution in [0.3, 0.4) is 0 Å². The topological polar surface area (TPSA) is 58.6 Å². The number of amides is 1. The minimum absolute atomic E-state index is 0.180. The number of unbranched alkanes of at least 4 members (excludes halogenated alkanes) is 1. The number of halogens is 1. The van der Waals surface area contributed by atoms with Gasteiger partial charge >= 0.3 is 0 Å². The Labute approximate surface area is 118 Å². The van der Waals surface area contributed by atoms with Crippen LogP contribution in [0.5, 0.6) is 5.75 Å². The number of carbonyl (C=O) groups is 1. The lowest BCUT2D eigenvalue weighted by molar-refractivity contribution is -0.127. The number of aliphatic hydroxyl groups is 1. The number of benzene rings is 1. The van der Waals surface area contributed by atoms with Gasteiger partial charge in [0.2, 0.25) is 0 Å². The molecule has 0 radical (unpaired) electrons. The fourth-order valence-electron chi connectivity index (χ4n) is 1.57. The van der Waals surface area contributed by atoms with Gasteiger partial charge in [-0.05, 0) is 19.4 Å². The Hall–Kier alpha value is -1.26. The van der Waals surface area contributed by atoms with E-state index in [2.05, 4.69) is 12.2 Å². The monoisotopic (exact) mass is 285 g/mol. The number of ether oxygens (including phenoxy) is 1. The standard InChI is InChI=1S/C14H20ClNO3/c1-3-4-8-16-14(18)10(2)19-13-11(9-17)6-5-7-12(13)15/h5-7,10,17H,3-4,8-9H2,1-2H3,(H,16,18). The van der Waals surface area contributed by atoms with E-state index >= 15 is 0 Å². The van der Waals surface area contributed by atoms with Crippen LogP contribution in [0.15, 0.2) is 18.2 Å². The Morgan fingerprint density at radius 2 is 2.26 bits per heavy atom. The molecule has 0 saturated carbocycles. The number of hydrogen-bond acceptors (Lipinski definition) is 3. The molecule has 0 aliphatic heterocycles. The van der Waals surface area contributed by atoms with Gasteiger partial charge in [-0.15, -0.1) is 0 Å². The summed E-state index contributed by atoms with van der Waals surface area (Å²) in [7, 11) is 0. The first-order chi connectivity index (χ1) is 9.10. The minimum atomic E-state index is -0.651. The van der Waals surface area contributed by atoms with Crippen molar-refractivity contribution in [2.75, 3.05) is 6.54 Å². The van der Waals surface area contributed by atoms with Gasteiger partial charge in [0, 0.05) is 12.1 Å². The SMILES string of the molecule is CCCCNC(=O)C(C)Oc1c(Cl)cccc1CO. The molecule has 5 heteroatoms. The summed E-state index contributed by atoms with van der Waals surface area (Å²) in [5, 5.41) is 12.4. The predicted molar refractivity (Wildman–Crippen MR) is 75.4 cm³/mol. The van der Waals surface area contributed by atoms with Crippen molar-refractivity contribution >= 4 is 17.5 Å². The summed E-state index contributed by atoms with van der Waals surface area (Å²) in [6.07, 6.45) is 1.31. The van der Waals surface area contributed by atoms with E-state index in [9.17, 15) is 9.90 Å². The second kappa shape index (κ2) is 8.02. The van der Waals surface area contributed by atoms with Crippen LogP contribution in [-0.2, 0) is 11.4 Å². The van der Waals surface area contributed by atoms with Gasteiger partial charge in [-0.2, -0.15) is 0 Å². The van der Waals surface area contributed by atoms with Gasteiger partial charge in [0.25, 0.3) is 5.91 Å². The summed E-state index contributed by atoms with van der Waals surface area (Å²) < 4.78 is 5.56. The molecule has 19 heavy (non-hydrogen) atoms. The molecule has 0 saturated heterocycles. The molecule has 1 rings (SSSR count). The van der Waals surface area contributed by atoms with E-state index in [0.717, 1.165) is 12.8 Å². The van der Waals surface area contributed by atoms with Gasteiger partial charge in [0.1, 0.15) is 5.75 Å². The first-order valence-corrected chi connectivity index (χ1v) is 6.80. The Morgan fingerprint density at radius 1 is 1.53 bits per heavy atom. The van der Waals surface area contributed by atoms with Crippen LogP contribution in [0.2, 0.25) is 5.02 Å². The smallest absolute Gasteiger partial charge is 0.260 e. The van der Waals surface area contributed by atoms with Crippen molar-refractivity contribution in [2.45, 2.75) is 39.4 Å². The molecule has 0 aromatic heterocycles. The minimum Gasteiger partial charge on any atom is -0.479 e. The van der Waals surface area contributed by atoms with E-state index in [4.69, 9.17) is 16.3 Å². The van der Waals surface area contributed by atoms with Crippen molar-refractivity contribution in [2.24, 2.45) is 0 Å². The predicted octanol–water partition coefficient (Wildman–Crippen LogP) is 2.52. The number of para-hydroxylation sites is 1. The molecular formula is C14H20ClNO3. The van der Waals surface area contributed by atoms with Crippen molar-refractivity contribution in [3.05, 3.63) is 28.8 Å². The Morgan fingerprint density at radius 3 is 2.89 bits per heavy atom. The zero-order chi connectivity index (χ0) is 14.3. The van der Waals surface area contributed by atoms with Crippen LogP contribution < -0.4 is 10.1 Å². The van der Waals surface area contributed by atoms with Crippen molar-refractivity contribution in [3.63, 3.8) is 0 Å². The quantitative estimate of drug-likeness (QED) is 0.757.